The summed E-state index contributed by atoms with van der Waals surface area (Å²) in [7, 11) is 0. The van der Waals surface area contributed by atoms with E-state index >= 15 is 0 Å². The summed E-state index contributed by atoms with van der Waals surface area (Å²) in [6.07, 6.45) is 1.09. The van der Waals surface area contributed by atoms with Gasteiger partial charge in [-0.2, -0.15) is 0 Å². The number of carbonyl (C=O) groups excluding carboxylic acids is 1. The van der Waals surface area contributed by atoms with E-state index in [0.29, 0.717) is 17.4 Å². The van der Waals surface area contributed by atoms with Crippen LogP contribution in [0.25, 0.3) is 0 Å². The lowest BCUT2D eigenvalue weighted by Gasteiger charge is -2.10. The van der Waals surface area contributed by atoms with Gasteiger partial charge in [0.25, 0.3) is 0 Å². The molecule has 0 amide bonds. The Morgan fingerprint density at radius 1 is 1.42 bits per heavy atom. The van der Waals surface area contributed by atoms with Crippen LogP contribution in [0.3, 0.4) is 0 Å². The molecule has 1 aromatic rings. The normalized spacial score (nSPS) is 10.5. The highest BCUT2D eigenvalue weighted by molar-refractivity contribution is 8.00. The number of hydrogen-bond donors (Lipinski definition) is 1. The Hall–Kier alpha value is -0.710. The summed E-state index contributed by atoms with van der Waals surface area (Å²) in [5, 5.41) is 4.06. The zero-order chi connectivity index (χ0) is 14.1. The molecule has 1 N–H and O–H groups in total. The monoisotopic (exact) mass is 301 g/mol. The molecule has 0 aliphatic rings. The highest BCUT2D eigenvalue weighted by Gasteiger charge is 2.08. The fraction of sp³-hybridized carbons (Fsp3) is 0.500. The van der Waals surface area contributed by atoms with E-state index in [9.17, 15) is 4.79 Å². The first-order valence-electron chi connectivity index (χ1n) is 6.45. The molecule has 0 fully saturated rings. The molecule has 0 spiro atoms. The molecule has 106 valence electrons. The largest absolute Gasteiger partial charge is 0.465 e. The van der Waals surface area contributed by atoms with Crippen LogP contribution in [0.5, 0.6) is 0 Å². The lowest BCUT2D eigenvalue weighted by molar-refractivity contribution is -0.139. The van der Waals surface area contributed by atoms with Crippen molar-refractivity contribution in [2.75, 3.05) is 18.9 Å². The summed E-state index contributed by atoms with van der Waals surface area (Å²) in [5.74, 6) is 0.144. The highest BCUT2D eigenvalue weighted by Crippen LogP contribution is 2.26. The van der Waals surface area contributed by atoms with Crippen molar-refractivity contribution >= 4 is 29.3 Å². The van der Waals surface area contributed by atoms with Crippen LogP contribution in [0.15, 0.2) is 23.1 Å². The van der Waals surface area contributed by atoms with Crippen molar-refractivity contribution in [2.24, 2.45) is 0 Å². The van der Waals surface area contributed by atoms with E-state index in [2.05, 4.69) is 12.2 Å². The van der Waals surface area contributed by atoms with Gasteiger partial charge in [-0.15, -0.1) is 11.8 Å². The number of ether oxygens (including phenoxy) is 1. The van der Waals surface area contributed by atoms with E-state index < -0.39 is 0 Å². The number of thioether (sulfide) groups is 1. The van der Waals surface area contributed by atoms with Crippen LogP contribution in [0.1, 0.15) is 25.8 Å². The van der Waals surface area contributed by atoms with Crippen molar-refractivity contribution in [1.82, 2.24) is 5.32 Å². The molecule has 0 radical (unpaired) electrons. The number of rotatable bonds is 8. The number of halogens is 1. The Bertz CT molecular complexity index is 412. The van der Waals surface area contributed by atoms with Gasteiger partial charge >= 0.3 is 5.97 Å². The predicted octanol–water partition coefficient (Wildman–Crippen LogP) is 3.49. The fourth-order valence-corrected chi connectivity index (χ4v) is 2.60. The second kappa shape index (κ2) is 9.23. The molecule has 0 aliphatic heterocycles. The quantitative estimate of drug-likeness (QED) is 0.453. The number of carbonyl (C=O) groups is 1. The summed E-state index contributed by atoms with van der Waals surface area (Å²) < 4.78 is 4.92. The summed E-state index contributed by atoms with van der Waals surface area (Å²) in [6.45, 7) is 6.09. The molecule has 0 aliphatic carbocycles. The van der Waals surface area contributed by atoms with Gasteiger partial charge in [0.15, 0.2) is 0 Å². The lowest BCUT2D eigenvalue weighted by Crippen LogP contribution is -2.14. The standard InChI is InChI=1S/C14H20ClNO2S/c1-3-7-16-9-11-8-12(15)5-6-13(11)19-10-14(17)18-4-2/h5-6,8,16H,3-4,7,9-10H2,1-2H3. The number of nitrogens with one attached hydrogen (secondary N) is 1. The van der Waals surface area contributed by atoms with Crippen molar-refractivity contribution in [1.29, 1.82) is 0 Å². The van der Waals surface area contributed by atoms with Gasteiger partial charge in [0.05, 0.1) is 12.4 Å². The van der Waals surface area contributed by atoms with Crippen LogP contribution in [-0.2, 0) is 16.1 Å². The van der Waals surface area contributed by atoms with Crippen molar-refractivity contribution in [3.05, 3.63) is 28.8 Å². The molecule has 0 atom stereocenters. The van der Waals surface area contributed by atoms with E-state index in [0.717, 1.165) is 30.0 Å². The summed E-state index contributed by atoms with van der Waals surface area (Å²) in [6, 6.07) is 5.74. The summed E-state index contributed by atoms with van der Waals surface area (Å²) in [5.41, 5.74) is 1.12. The SMILES string of the molecule is CCCNCc1cc(Cl)ccc1SCC(=O)OCC. The van der Waals surface area contributed by atoms with Gasteiger partial charge in [-0.25, -0.2) is 0 Å². The van der Waals surface area contributed by atoms with E-state index in [-0.39, 0.29) is 5.97 Å². The molecule has 0 aromatic heterocycles. The number of hydrogen-bond acceptors (Lipinski definition) is 4. The van der Waals surface area contributed by atoms with Crippen LogP contribution in [0.4, 0.5) is 0 Å². The number of esters is 1. The Labute approximate surface area is 124 Å². The predicted molar refractivity (Wildman–Crippen MR) is 80.8 cm³/mol. The van der Waals surface area contributed by atoms with Crippen LogP contribution < -0.4 is 5.32 Å². The van der Waals surface area contributed by atoms with Crippen LogP contribution in [0.2, 0.25) is 5.02 Å². The van der Waals surface area contributed by atoms with Crippen molar-refractivity contribution in [3.8, 4) is 0 Å². The van der Waals surface area contributed by atoms with E-state index in [1.54, 1.807) is 0 Å². The van der Waals surface area contributed by atoms with Crippen molar-refractivity contribution in [2.45, 2.75) is 31.7 Å². The topological polar surface area (TPSA) is 38.3 Å². The van der Waals surface area contributed by atoms with Crippen LogP contribution >= 0.6 is 23.4 Å². The van der Waals surface area contributed by atoms with Crippen molar-refractivity contribution in [3.63, 3.8) is 0 Å². The molecule has 0 unspecified atom stereocenters. The van der Waals surface area contributed by atoms with E-state index in [4.69, 9.17) is 16.3 Å². The first-order chi connectivity index (χ1) is 9.17. The zero-order valence-electron chi connectivity index (χ0n) is 11.4. The minimum absolute atomic E-state index is 0.185. The fourth-order valence-electron chi connectivity index (χ4n) is 1.57. The van der Waals surface area contributed by atoms with Crippen molar-refractivity contribution < 1.29 is 9.53 Å². The van der Waals surface area contributed by atoms with E-state index in [1.165, 1.54) is 11.8 Å². The minimum Gasteiger partial charge on any atom is -0.465 e. The maximum absolute atomic E-state index is 11.4. The van der Waals surface area contributed by atoms with Gasteiger partial charge in [0, 0.05) is 16.5 Å². The first kappa shape index (κ1) is 16.3. The van der Waals surface area contributed by atoms with Crippen LogP contribution in [-0.4, -0.2) is 24.9 Å². The van der Waals surface area contributed by atoms with Gasteiger partial charge in [-0.3, -0.25) is 4.79 Å². The molecule has 0 heterocycles. The highest BCUT2D eigenvalue weighted by atomic mass is 35.5. The Morgan fingerprint density at radius 2 is 2.21 bits per heavy atom. The van der Waals surface area contributed by atoms with Crippen LogP contribution in [0, 0.1) is 0 Å². The molecule has 19 heavy (non-hydrogen) atoms. The summed E-state index contributed by atoms with van der Waals surface area (Å²) in [4.78, 5) is 12.4. The molecule has 3 nitrogen and oxygen atoms in total. The lowest BCUT2D eigenvalue weighted by atomic mass is 10.2. The first-order valence-corrected chi connectivity index (χ1v) is 7.81. The van der Waals surface area contributed by atoms with Gasteiger partial charge in [-0.05, 0) is 43.7 Å². The Kier molecular flexibility index (Phi) is 7.94. The van der Waals surface area contributed by atoms with E-state index in [1.807, 2.05) is 25.1 Å². The molecular formula is C14H20ClNO2S. The maximum Gasteiger partial charge on any atom is 0.316 e. The van der Waals surface area contributed by atoms with Gasteiger partial charge in [-0.1, -0.05) is 18.5 Å². The van der Waals surface area contributed by atoms with Gasteiger partial charge in [0.2, 0.25) is 0 Å². The average molecular weight is 302 g/mol. The number of benzene rings is 1. The molecule has 1 rings (SSSR count). The smallest absolute Gasteiger partial charge is 0.316 e. The third kappa shape index (κ3) is 6.32. The van der Waals surface area contributed by atoms with Gasteiger partial charge < -0.3 is 10.1 Å². The third-order valence-corrected chi connectivity index (χ3v) is 3.74. The average Bonchev–Trinajstić information content (AvgIpc) is 2.38. The Morgan fingerprint density at radius 3 is 2.89 bits per heavy atom. The molecule has 0 bridgehead atoms. The molecule has 5 heteroatoms. The summed E-state index contributed by atoms with van der Waals surface area (Å²) >= 11 is 7.50. The van der Waals surface area contributed by atoms with Gasteiger partial charge in [0.1, 0.15) is 0 Å². The second-order valence-corrected chi connectivity index (χ2v) is 5.48. The molecular weight excluding hydrogens is 282 g/mol. The molecule has 1 aromatic carbocycles. The molecule has 0 saturated heterocycles. The molecule has 0 saturated carbocycles. The maximum atomic E-state index is 11.4. The minimum atomic E-state index is -0.185. The Balaban J connectivity index is 2.62. The second-order valence-electron chi connectivity index (χ2n) is 4.02. The zero-order valence-corrected chi connectivity index (χ0v) is 12.9. The third-order valence-electron chi connectivity index (χ3n) is 2.42.